The van der Waals surface area contributed by atoms with E-state index in [0.717, 1.165) is 9.75 Å². The third kappa shape index (κ3) is 2.92. The molecule has 1 saturated heterocycles. The summed E-state index contributed by atoms with van der Waals surface area (Å²) in [4.78, 5) is 2.01. The Labute approximate surface area is 111 Å². The summed E-state index contributed by atoms with van der Waals surface area (Å²) in [5, 5.41) is 10.0. The van der Waals surface area contributed by atoms with Gasteiger partial charge in [0.05, 0.1) is 11.5 Å². The Hall–Kier alpha value is -0.470. The Morgan fingerprint density at radius 3 is 2.78 bits per heavy atom. The van der Waals surface area contributed by atoms with Gasteiger partial charge in [-0.1, -0.05) is 0 Å². The third-order valence-electron chi connectivity index (χ3n) is 2.96. The SMILES string of the molecule is Cc1cc(S(=O)(=O)NCC2(O)CCOC2)c(C)s1. The number of aliphatic hydroxyl groups is 1. The lowest BCUT2D eigenvalue weighted by atomic mass is 10.1. The molecule has 7 heteroatoms. The monoisotopic (exact) mass is 291 g/mol. The van der Waals surface area contributed by atoms with Crippen LogP contribution in [0.2, 0.25) is 0 Å². The summed E-state index contributed by atoms with van der Waals surface area (Å²) >= 11 is 1.45. The highest BCUT2D eigenvalue weighted by atomic mass is 32.2. The van der Waals surface area contributed by atoms with Gasteiger partial charge in [-0.3, -0.25) is 0 Å². The Balaban J connectivity index is 2.10. The van der Waals surface area contributed by atoms with Gasteiger partial charge >= 0.3 is 0 Å². The maximum Gasteiger partial charge on any atom is 0.241 e. The van der Waals surface area contributed by atoms with E-state index in [1.54, 1.807) is 13.0 Å². The zero-order chi connectivity index (χ0) is 13.4. The maximum absolute atomic E-state index is 12.1. The second kappa shape index (κ2) is 4.90. The number of rotatable bonds is 4. The van der Waals surface area contributed by atoms with Gasteiger partial charge in [-0.2, -0.15) is 0 Å². The van der Waals surface area contributed by atoms with Crippen molar-refractivity contribution in [1.29, 1.82) is 0 Å². The number of nitrogens with one attached hydrogen (secondary N) is 1. The highest BCUT2D eigenvalue weighted by molar-refractivity contribution is 7.89. The smallest absolute Gasteiger partial charge is 0.241 e. The second-order valence-electron chi connectivity index (χ2n) is 4.63. The largest absolute Gasteiger partial charge is 0.386 e. The van der Waals surface area contributed by atoms with E-state index in [9.17, 15) is 13.5 Å². The average molecular weight is 291 g/mol. The molecule has 0 radical (unpaired) electrons. The zero-order valence-electron chi connectivity index (χ0n) is 10.4. The van der Waals surface area contributed by atoms with Gasteiger partial charge in [0.25, 0.3) is 0 Å². The molecule has 5 nitrogen and oxygen atoms in total. The van der Waals surface area contributed by atoms with Crippen LogP contribution in [0.4, 0.5) is 0 Å². The Kier molecular flexibility index (Phi) is 3.80. The molecule has 0 aromatic carbocycles. The van der Waals surface area contributed by atoms with Crippen molar-refractivity contribution in [3.05, 3.63) is 15.8 Å². The van der Waals surface area contributed by atoms with Crippen molar-refractivity contribution in [2.24, 2.45) is 0 Å². The molecule has 2 N–H and O–H groups in total. The third-order valence-corrected chi connectivity index (χ3v) is 5.58. The summed E-state index contributed by atoms with van der Waals surface area (Å²) in [7, 11) is -3.55. The van der Waals surface area contributed by atoms with Crippen LogP contribution < -0.4 is 4.72 Å². The van der Waals surface area contributed by atoms with E-state index in [0.29, 0.717) is 17.9 Å². The van der Waals surface area contributed by atoms with Crippen LogP contribution in [-0.4, -0.2) is 38.9 Å². The van der Waals surface area contributed by atoms with Gasteiger partial charge in [0, 0.05) is 29.3 Å². The molecule has 1 aliphatic heterocycles. The number of aryl methyl sites for hydroxylation is 2. The van der Waals surface area contributed by atoms with Crippen LogP contribution in [0.15, 0.2) is 11.0 Å². The van der Waals surface area contributed by atoms with Crippen molar-refractivity contribution in [2.45, 2.75) is 30.8 Å². The van der Waals surface area contributed by atoms with Gasteiger partial charge in [-0.05, 0) is 19.9 Å². The van der Waals surface area contributed by atoms with E-state index < -0.39 is 15.6 Å². The zero-order valence-corrected chi connectivity index (χ0v) is 12.0. The molecule has 1 unspecified atom stereocenters. The first-order valence-corrected chi connectivity index (χ1v) is 7.99. The van der Waals surface area contributed by atoms with Gasteiger partial charge in [-0.15, -0.1) is 11.3 Å². The van der Waals surface area contributed by atoms with Crippen LogP contribution in [0, 0.1) is 13.8 Å². The quantitative estimate of drug-likeness (QED) is 0.860. The summed E-state index contributed by atoms with van der Waals surface area (Å²) in [6.07, 6.45) is 0.456. The minimum atomic E-state index is -3.55. The normalized spacial score (nSPS) is 24.6. The molecule has 1 aromatic rings. The van der Waals surface area contributed by atoms with E-state index in [1.165, 1.54) is 11.3 Å². The molecule has 0 amide bonds. The molecule has 1 fully saturated rings. The fraction of sp³-hybridized carbons (Fsp3) is 0.636. The van der Waals surface area contributed by atoms with E-state index >= 15 is 0 Å². The molecule has 0 saturated carbocycles. The lowest BCUT2D eigenvalue weighted by Crippen LogP contribution is -2.43. The minimum Gasteiger partial charge on any atom is -0.386 e. The molecule has 102 valence electrons. The summed E-state index contributed by atoms with van der Waals surface area (Å²) in [5.41, 5.74) is -1.08. The second-order valence-corrected chi connectivity index (χ2v) is 7.82. The van der Waals surface area contributed by atoms with Crippen LogP contribution >= 0.6 is 11.3 Å². The summed E-state index contributed by atoms with van der Waals surface area (Å²) in [6.45, 7) is 4.28. The average Bonchev–Trinajstić information content (AvgIpc) is 2.84. The van der Waals surface area contributed by atoms with E-state index in [4.69, 9.17) is 4.74 Å². The summed E-state index contributed by atoms with van der Waals surface area (Å²) in [6, 6.07) is 1.65. The number of ether oxygens (including phenoxy) is 1. The summed E-state index contributed by atoms with van der Waals surface area (Å²) < 4.78 is 31.8. The van der Waals surface area contributed by atoms with Crippen LogP contribution in [0.5, 0.6) is 0 Å². The molecular weight excluding hydrogens is 274 g/mol. The van der Waals surface area contributed by atoms with Gasteiger partial charge in [0.2, 0.25) is 10.0 Å². The van der Waals surface area contributed by atoms with Crippen molar-refractivity contribution < 1.29 is 18.3 Å². The van der Waals surface area contributed by atoms with Crippen LogP contribution in [0.1, 0.15) is 16.2 Å². The molecule has 0 bridgehead atoms. The maximum atomic E-state index is 12.1. The lowest BCUT2D eigenvalue weighted by molar-refractivity contribution is 0.0314. The highest BCUT2D eigenvalue weighted by Crippen LogP contribution is 2.25. The molecule has 0 spiro atoms. The number of thiophene rings is 1. The molecule has 2 rings (SSSR count). The molecule has 1 aliphatic rings. The summed E-state index contributed by atoms with van der Waals surface area (Å²) in [5.74, 6) is 0. The van der Waals surface area contributed by atoms with Crippen molar-refractivity contribution in [3.63, 3.8) is 0 Å². The number of sulfonamides is 1. The first kappa shape index (κ1) is 14.0. The van der Waals surface area contributed by atoms with Crippen LogP contribution in [-0.2, 0) is 14.8 Å². The van der Waals surface area contributed by atoms with Crippen LogP contribution in [0.25, 0.3) is 0 Å². The van der Waals surface area contributed by atoms with E-state index in [-0.39, 0.29) is 13.2 Å². The number of hydrogen-bond acceptors (Lipinski definition) is 5. The fourth-order valence-electron chi connectivity index (χ4n) is 1.92. The molecule has 0 aliphatic carbocycles. The standard InChI is InChI=1S/C11H17NO4S2/c1-8-5-10(9(2)17-8)18(14,15)12-6-11(13)3-4-16-7-11/h5,12-13H,3-4,6-7H2,1-2H3. The molecule has 1 aromatic heterocycles. The highest BCUT2D eigenvalue weighted by Gasteiger charge is 2.34. The fourth-order valence-corrected chi connectivity index (χ4v) is 4.59. The van der Waals surface area contributed by atoms with Crippen molar-refractivity contribution in [3.8, 4) is 0 Å². The topological polar surface area (TPSA) is 75.6 Å². The van der Waals surface area contributed by atoms with Crippen molar-refractivity contribution in [2.75, 3.05) is 19.8 Å². The lowest BCUT2D eigenvalue weighted by Gasteiger charge is -2.20. The molecule has 2 heterocycles. The first-order chi connectivity index (χ1) is 8.32. The van der Waals surface area contributed by atoms with Gasteiger partial charge in [0.15, 0.2) is 0 Å². The molecule has 18 heavy (non-hydrogen) atoms. The van der Waals surface area contributed by atoms with E-state index in [1.807, 2.05) is 6.92 Å². The van der Waals surface area contributed by atoms with Crippen LogP contribution in [0.3, 0.4) is 0 Å². The van der Waals surface area contributed by atoms with Crippen molar-refractivity contribution >= 4 is 21.4 Å². The van der Waals surface area contributed by atoms with Gasteiger partial charge in [0.1, 0.15) is 5.60 Å². The number of hydrogen-bond donors (Lipinski definition) is 2. The Bertz CT molecular complexity index is 529. The van der Waals surface area contributed by atoms with Crippen molar-refractivity contribution in [1.82, 2.24) is 4.72 Å². The first-order valence-electron chi connectivity index (χ1n) is 5.69. The predicted octanol–water partition coefficient (Wildman–Crippen LogP) is 0.795. The molecular formula is C11H17NO4S2. The molecule has 1 atom stereocenters. The Morgan fingerprint density at radius 1 is 1.56 bits per heavy atom. The van der Waals surface area contributed by atoms with Gasteiger partial charge < -0.3 is 9.84 Å². The predicted molar refractivity (Wildman–Crippen MR) is 69.4 cm³/mol. The van der Waals surface area contributed by atoms with Gasteiger partial charge in [-0.25, -0.2) is 13.1 Å². The minimum absolute atomic E-state index is 0.0103. The Morgan fingerprint density at radius 2 is 2.28 bits per heavy atom. The van der Waals surface area contributed by atoms with E-state index in [2.05, 4.69) is 4.72 Å².